The minimum absolute atomic E-state index is 0.000548. The van der Waals surface area contributed by atoms with Crippen LogP contribution >= 0.6 is 0 Å². The van der Waals surface area contributed by atoms with Crippen molar-refractivity contribution in [1.29, 1.82) is 0 Å². The number of aryl methyl sites for hydroxylation is 2. The summed E-state index contributed by atoms with van der Waals surface area (Å²) in [5, 5.41) is 3.06. The monoisotopic (exact) mass is 326 g/mol. The highest BCUT2D eigenvalue weighted by Gasteiger charge is 2.16. The number of nitrogens with one attached hydrogen (secondary N) is 1. The van der Waals surface area contributed by atoms with Gasteiger partial charge in [-0.2, -0.15) is 0 Å². The van der Waals surface area contributed by atoms with Crippen LogP contribution in [-0.4, -0.2) is 19.1 Å². The lowest BCUT2D eigenvalue weighted by molar-refractivity contribution is -0.122. The second-order valence-electron chi connectivity index (χ2n) is 5.95. The highest BCUT2D eigenvalue weighted by atomic mass is 16.5. The SMILES string of the molecule is Cc1cccc(C)c1OCC(NC(=O)CCCN)c1ccccc1. The molecule has 2 aromatic carbocycles. The van der Waals surface area contributed by atoms with Crippen LogP contribution in [0, 0.1) is 13.8 Å². The molecule has 1 atom stereocenters. The van der Waals surface area contributed by atoms with E-state index in [2.05, 4.69) is 5.32 Å². The van der Waals surface area contributed by atoms with E-state index in [4.69, 9.17) is 10.5 Å². The summed E-state index contributed by atoms with van der Waals surface area (Å²) >= 11 is 0. The third-order valence-corrected chi connectivity index (χ3v) is 3.95. The van der Waals surface area contributed by atoms with E-state index in [-0.39, 0.29) is 11.9 Å². The van der Waals surface area contributed by atoms with E-state index in [1.807, 2.05) is 62.4 Å². The number of ether oxygens (including phenoxy) is 1. The van der Waals surface area contributed by atoms with Gasteiger partial charge < -0.3 is 15.8 Å². The van der Waals surface area contributed by atoms with Gasteiger partial charge in [0.25, 0.3) is 0 Å². The van der Waals surface area contributed by atoms with Gasteiger partial charge in [-0.25, -0.2) is 0 Å². The summed E-state index contributed by atoms with van der Waals surface area (Å²) in [5.74, 6) is 0.883. The van der Waals surface area contributed by atoms with Crippen molar-refractivity contribution in [2.75, 3.05) is 13.2 Å². The first kappa shape index (κ1) is 18.0. The Morgan fingerprint density at radius 3 is 2.38 bits per heavy atom. The maximum Gasteiger partial charge on any atom is 0.220 e. The highest BCUT2D eigenvalue weighted by Crippen LogP contribution is 2.24. The van der Waals surface area contributed by atoms with Gasteiger partial charge in [0.1, 0.15) is 12.4 Å². The van der Waals surface area contributed by atoms with Crippen LogP contribution in [0.15, 0.2) is 48.5 Å². The maximum absolute atomic E-state index is 12.1. The molecule has 0 aromatic heterocycles. The highest BCUT2D eigenvalue weighted by molar-refractivity contribution is 5.76. The summed E-state index contributed by atoms with van der Waals surface area (Å²) in [6, 6.07) is 15.8. The van der Waals surface area contributed by atoms with Gasteiger partial charge in [0.2, 0.25) is 5.91 Å². The van der Waals surface area contributed by atoms with Crippen molar-refractivity contribution in [1.82, 2.24) is 5.32 Å². The zero-order valence-electron chi connectivity index (χ0n) is 14.4. The Hall–Kier alpha value is -2.33. The lowest BCUT2D eigenvalue weighted by Gasteiger charge is -2.21. The molecule has 4 nitrogen and oxygen atoms in total. The van der Waals surface area contributed by atoms with E-state index in [1.165, 1.54) is 0 Å². The predicted molar refractivity (Wildman–Crippen MR) is 97.0 cm³/mol. The van der Waals surface area contributed by atoms with Gasteiger partial charge in [-0.15, -0.1) is 0 Å². The van der Waals surface area contributed by atoms with Crippen molar-refractivity contribution in [3.8, 4) is 5.75 Å². The number of carbonyl (C=O) groups is 1. The standard InChI is InChI=1S/C20H26N2O2/c1-15-8-6-9-16(2)20(15)24-14-18(17-10-4-3-5-11-17)22-19(23)12-7-13-21/h3-6,8-11,18H,7,12-14,21H2,1-2H3,(H,22,23). The van der Waals surface area contributed by atoms with Gasteiger partial charge in [-0.3, -0.25) is 4.79 Å². The number of nitrogens with two attached hydrogens (primary N) is 1. The molecule has 2 aromatic rings. The lowest BCUT2D eigenvalue weighted by Crippen LogP contribution is -2.32. The smallest absolute Gasteiger partial charge is 0.220 e. The Kier molecular flexibility index (Phi) is 6.82. The molecule has 128 valence electrons. The third kappa shape index (κ3) is 5.10. The first-order chi connectivity index (χ1) is 11.6. The summed E-state index contributed by atoms with van der Waals surface area (Å²) in [6.45, 7) is 4.96. The number of hydrogen-bond donors (Lipinski definition) is 2. The quantitative estimate of drug-likeness (QED) is 0.782. The number of para-hydroxylation sites is 1. The topological polar surface area (TPSA) is 64.3 Å². The van der Waals surface area contributed by atoms with Crippen LogP contribution in [0.5, 0.6) is 5.75 Å². The predicted octanol–water partition coefficient (Wildman–Crippen LogP) is 3.28. The molecular formula is C20H26N2O2. The molecule has 0 spiro atoms. The molecule has 0 aliphatic carbocycles. The van der Waals surface area contributed by atoms with Crippen LogP contribution in [0.1, 0.15) is 35.6 Å². The molecular weight excluding hydrogens is 300 g/mol. The molecule has 0 saturated heterocycles. The second-order valence-corrected chi connectivity index (χ2v) is 5.95. The Morgan fingerprint density at radius 1 is 1.08 bits per heavy atom. The van der Waals surface area contributed by atoms with E-state index < -0.39 is 0 Å². The molecule has 1 unspecified atom stereocenters. The fraction of sp³-hybridized carbons (Fsp3) is 0.350. The Morgan fingerprint density at radius 2 is 1.75 bits per heavy atom. The van der Waals surface area contributed by atoms with Gasteiger partial charge in [0.15, 0.2) is 0 Å². The summed E-state index contributed by atoms with van der Waals surface area (Å²) in [6.07, 6.45) is 1.12. The number of carbonyl (C=O) groups excluding carboxylic acids is 1. The average Bonchev–Trinajstić information content (AvgIpc) is 2.59. The number of amides is 1. The Bertz CT molecular complexity index is 636. The first-order valence-corrected chi connectivity index (χ1v) is 8.35. The average molecular weight is 326 g/mol. The number of hydrogen-bond acceptors (Lipinski definition) is 3. The first-order valence-electron chi connectivity index (χ1n) is 8.35. The zero-order valence-corrected chi connectivity index (χ0v) is 14.4. The molecule has 0 aliphatic rings. The zero-order chi connectivity index (χ0) is 17.4. The fourth-order valence-electron chi connectivity index (χ4n) is 2.63. The fourth-order valence-corrected chi connectivity index (χ4v) is 2.63. The van der Waals surface area contributed by atoms with Crippen LogP contribution in [0.3, 0.4) is 0 Å². The Balaban J connectivity index is 2.10. The van der Waals surface area contributed by atoms with Gasteiger partial charge in [0.05, 0.1) is 6.04 Å². The van der Waals surface area contributed by atoms with Crippen molar-refractivity contribution >= 4 is 5.91 Å². The lowest BCUT2D eigenvalue weighted by atomic mass is 10.1. The minimum Gasteiger partial charge on any atom is -0.491 e. The van der Waals surface area contributed by atoms with E-state index in [9.17, 15) is 4.79 Å². The summed E-state index contributed by atoms with van der Waals surface area (Å²) < 4.78 is 6.05. The van der Waals surface area contributed by atoms with E-state index >= 15 is 0 Å². The van der Waals surface area contributed by atoms with E-state index in [1.54, 1.807) is 0 Å². The normalized spacial score (nSPS) is 11.8. The van der Waals surface area contributed by atoms with Crippen molar-refractivity contribution in [2.45, 2.75) is 32.7 Å². The third-order valence-electron chi connectivity index (χ3n) is 3.95. The Labute approximate surface area is 144 Å². The van der Waals surface area contributed by atoms with E-state index in [0.717, 1.165) is 22.4 Å². The molecule has 0 saturated carbocycles. The van der Waals surface area contributed by atoms with Gasteiger partial charge in [-0.05, 0) is 43.5 Å². The van der Waals surface area contributed by atoms with Gasteiger partial charge in [-0.1, -0.05) is 48.5 Å². The van der Waals surface area contributed by atoms with Crippen LogP contribution < -0.4 is 15.8 Å². The minimum atomic E-state index is -0.185. The van der Waals surface area contributed by atoms with Crippen molar-refractivity contribution in [3.05, 3.63) is 65.2 Å². The largest absolute Gasteiger partial charge is 0.491 e. The molecule has 0 heterocycles. The van der Waals surface area contributed by atoms with Crippen LogP contribution in [0.2, 0.25) is 0 Å². The molecule has 2 rings (SSSR count). The van der Waals surface area contributed by atoms with Crippen molar-refractivity contribution in [3.63, 3.8) is 0 Å². The van der Waals surface area contributed by atoms with Crippen LogP contribution in [0.4, 0.5) is 0 Å². The molecule has 24 heavy (non-hydrogen) atoms. The summed E-state index contributed by atoms with van der Waals surface area (Å²) in [4.78, 5) is 12.1. The van der Waals surface area contributed by atoms with Gasteiger partial charge in [0, 0.05) is 6.42 Å². The molecule has 0 radical (unpaired) electrons. The molecule has 0 bridgehead atoms. The number of benzene rings is 2. The second kappa shape index (κ2) is 9.08. The van der Waals surface area contributed by atoms with Crippen molar-refractivity contribution < 1.29 is 9.53 Å². The van der Waals surface area contributed by atoms with Crippen LogP contribution in [0.25, 0.3) is 0 Å². The summed E-state index contributed by atoms with van der Waals surface area (Å²) in [7, 11) is 0. The molecule has 3 N–H and O–H groups in total. The molecule has 1 amide bonds. The van der Waals surface area contributed by atoms with E-state index in [0.29, 0.717) is 26.0 Å². The molecule has 0 fully saturated rings. The molecule has 0 aliphatic heterocycles. The van der Waals surface area contributed by atoms with Gasteiger partial charge >= 0.3 is 0 Å². The number of rotatable bonds is 8. The summed E-state index contributed by atoms with van der Waals surface area (Å²) in [5.41, 5.74) is 8.70. The maximum atomic E-state index is 12.1. The molecule has 4 heteroatoms. The van der Waals surface area contributed by atoms with Crippen LogP contribution in [-0.2, 0) is 4.79 Å². The van der Waals surface area contributed by atoms with Crippen molar-refractivity contribution in [2.24, 2.45) is 5.73 Å².